The van der Waals surface area contributed by atoms with Crippen molar-refractivity contribution in [3.05, 3.63) is 35.4 Å². The van der Waals surface area contributed by atoms with Gasteiger partial charge in [-0.05, 0) is 50.1 Å². The number of aryl methyl sites for hydroxylation is 1. The van der Waals surface area contributed by atoms with E-state index in [1.165, 1.54) is 36.8 Å². The van der Waals surface area contributed by atoms with Gasteiger partial charge < -0.3 is 5.32 Å². The Kier molecular flexibility index (Phi) is 4.82. The summed E-state index contributed by atoms with van der Waals surface area (Å²) in [5, 5.41) is 3.78. The molecule has 1 aromatic rings. The van der Waals surface area contributed by atoms with Crippen molar-refractivity contribution in [2.75, 3.05) is 6.54 Å². The Labute approximate surface area is 112 Å². The molecular formula is C17H27N. The molecule has 1 heteroatoms. The minimum Gasteiger partial charge on any atom is -0.310 e. The molecule has 0 spiro atoms. The van der Waals surface area contributed by atoms with Crippen molar-refractivity contribution in [1.82, 2.24) is 5.32 Å². The third-order valence-electron chi connectivity index (χ3n) is 4.22. The predicted molar refractivity (Wildman–Crippen MR) is 78.7 cm³/mol. The van der Waals surface area contributed by atoms with Crippen molar-refractivity contribution in [2.24, 2.45) is 11.8 Å². The number of rotatable bonds is 5. The fourth-order valence-corrected chi connectivity index (χ4v) is 3.27. The topological polar surface area (TPSA) is 12.0 Å². The van der Waals surface area contributed by atoms with Gasteiger partial charge in [-0.25, -0.2) is 0 Å². The minimum atomic E-state index is 0.565. The average molecular weight is 245 g/mol. The molecule has 0 radical (unpaired) electrons. The van der Waals surface area contributed by atoms with Crippen LogP contribution in [0.1, 0.15) is 56.7 Å². The summed E-state index contributed by atoms with van der Waals surface area (Å²) in [5.74, 6) is 1.74. The molecule has 1 fully saturated rings. The molecule has 3 atom stereocenters. The van der Waals surface area contributed by atoms with Gasteiger partial charge in [-0.3, -0.25) is 0 Å². The molecule has 3 unspecified atom stereocenters. The molecule has 0 aliphatic heterocycles. The molecule has 1 aromatic carbocycles. The predicted octanol–water partition coefficient (Wildman–Crippen LogP) is 4.47. The molecule has 0 amide bonds. The zero-order valence-electron chi connectivity index (χ0n) is 12.1. The largest absolute Gasteiger partial charge is 0.310 e. The van der Waals surface area contributed by atoms with E-state index in [4.69, 9.17) is 0 Å². The first-order chi connectivity index (χ1) is 8.70. The fraction of sp³-hybridized carbons (Fsp3) is 0.647. The molecule has 0 aromatic heterocycles. The second kappa shape index (κ2) is 6.38. The van der Waals surface area contributed by atoms with Gasteiger partial charge in [-0.2, -0.15) is 0 Å². The van der Waals surface area contributed by atoms with Gasteiger partial charge >= 0.3 is 0 Å². The van der Waals surface area contributed by atoms with E-state index < -0.39 is 0 Å². The van der Waals surface area contributed by atoms with Gasteiger partial charge in [-0.15, -0.1) is 0 Å². The first kappa shape index (κ1) is 13.6. The van der Waals surface area contributed by atoms with Crippen LogP contribution >= 0.6 is 0 Å². The molecule has 0 saturated heterocycles. The van der Waals surface area contributed by atoms with Crippen LogP contribution < -0.4 is 5.32 Å². The third-order valence-corrected chi connectivity index (χ3v) is 4.22. The van der Waals surface area contributed by atoms with Crippen molar-refractivity contribution < 1.29 is 0 Å². The van der Waals surface area contributed by atoms with Crippen LogP contribution in [0.5, 0.6) is 0 Å². The Morgan fingerprint density at radius 1 is 1.33 bits per heavy atom. The van der Waals surface area contributed by atoms with Crippen molar-refractivity contribution in [3.63, 3.8) is 0 Å². The Morgan fingerprint density at radius 3 is 2.78 bits per heavy atom. The Morgan fingerprint density at radius 2 is 2.17 bits per heavy atom. The van der Waals surface area contributed by atoms with Gasteiger partial charge in [0.25, 0.3) is 0 Å². The lowest BCUT2D eigenvalue weighted by molar-refractivity contribution is 0.359. The molecule has 2 rings (SSSR count). The minimum absolute atomic E-state index is 0.565. The molecule has 1 aliphatic carbocycles. The monoisotopic (exact) mass is 245 g/mol. The number of benzene rings is 1. The summed E-state index contributed by atoms with van der Waals surface area (Å²) in [6, 6.07) is 9.61. The van der Waals surface area contributed by atoms with E-state index in [1.807, 2.05) is 0 Å². The van der Waals surface area contributed by atoms with Crippen LogP contribution in [0.3, 0.4) is 0 Å². The van der Waals surface area contributed by atoms with Gasteiger partial charge in [0.05, 0.1) is 0 Å². The lowest BCUT2D eigenvalue weighted by atomic mass is 9.90. The summed E-state index contributed by atoms with van der Waals surface area (Å²) in [6.07, 6.45) is 5.39. The van der Waals surface area contributed by atoms with E-state index in [1.54, 1.807) is 0 Å². The highest BCUT2D eigenvalue weighted by Crippen LogP contribution is 2.39. The van der Waals surface area contributed by atoms with Gasteiger partial charge in [0.15, 0.2) is 0 Å². The van der Waals surface area contributed by atoms with E-state index >= 15 is 0 Å². The van der Waals surface area contributed by atoms with Crippen molar-refractivity contribution in [3.8, 4) is 0 Å². The van der Waals surface area contributed by atoms with Crippen LogP contribution in [-0.4, -0.2) is 6.54 Å². The normalized spacial score (nSPS) is 25.3. The van der Waals surface area contributed by atoms with Crippen molar-refractivity contribution in [2.45, 2.75) is 52.5 Å². The first-order valence-corrected chi connectivity index (χ1v) is 7.50. The zero-order chi connectivity index (χ0) is 13.0. The molecule has 100 valence electrons. The lowest BCUT2D eigenvalue weighted by Crippen LogP contribution is -2.28. The number of hydrogen-bond donors (Lipinski definition) is 1. The first-order valence-electron chi connectivity index (χ1n) is 7.50. The van der Waals surface area contributed by atoms with Gasteiger partial charge in [0.2, 0.25) is 0 Å². The molecule has 1 saturated carbocycles. The van der Waals surface area contributed by atoms with Crippen LogP contribution in [-0.2, 0) is 0 Å². The highest BCUT2D eigenvalue weighted by atomic mass is 14.9. The second-order valence-electron chi connectivity index (χ2n) is 6.02. The molecule has 0 heterocycles. The van der Waals surface area contributed by atoms with Crippen LogP contribution in [0.4, 0.5) is 0 Å². The standard InChI is InChI=1S/C17H27N/c1-4-10-18-17(16-9-8-14(3)12-16)15-7-5-6-13(2)11-15/h5-7,11,14,16-18H,4,8-10,12H2,1-3H3. The quantitative estimate of drug-likeness (QED) is 0.807. The van der Waals surface area contributed by atoms with Crippen LogP contribution in [0.25, 0.3) is 0 Å². The summed E-state index contributed by atoms with van der Waals surface area (Å²) in [5.41, 5.74) is 2.87. The molecule has 1 aliphatic rings. The van der Waals surface area contributed by atoms with Gasteiger partial charge in [0.1, 0.15) is 0 Å². The van der Waals surface area contributed by atoms with Crippen molar-refractivity contribution >= 4 is 0 Å². The maximum Gasteiger partial charge on any atom is 0.0348 e. The average Bonchev–Trinajstić information content (AvgIpc) is 2.76. The summed E-state index contributed by atoms with van der Waals surface area (Å²) < 4.78 is 0. The molecule has 0 bridgehead atoms. The fourth-order valence-electron chi connectivity index (χ4n) is 3.27. The van der Waals surface area contributed by atoms with E-state index in [-0.39, 0.29) is 0 Å². The highest BCUT2D eigenvalue weighted by Gasteiger charge is 2.29. The molecule has 1 nitrogen and oxygen atoms in total. The van der Waals surface area contributed by atoms with Crippen LogP contribution in [0.2, 0.25) is 0 Å². The van der Waals surface area contributed by atoms with E-state index in [0.717, 1.165) is 18.4 Å². The van der Waals surface area contributed by atoms with E-state index in [9.17, 15) is 0 Å². The molecule has 18 heavy (non-hydrogen) atoms. The van der Waals surface area contributed by atoms with Crippen LogP contribution in [0, 0.1) is 18.8 Å². The summed E-state index contributed by atoms with van der Waals surface area (Å²) in [7, 11) is 0. The highest BCUT2D eigenvalue weighted by molar-refractivity contribution is 5.26. The zero-order valence-corrected chi connectivity index (χ0v) is 12.1. The molecular weight excluding hydrogens is 218 g/mol. The van der Waals surface area contributed by atoms with Gasteiger partial charge in [-0.1, -0.05) is 50.1 Å². The van der Waals surface area contributed by atoms with E-state index in [2.05, 4.69) is 50.4 Å². The summed E-state index contributed by atoms with van der Waals surface area (Å²) >= 11 is 0. The van der Waals surface area contributed by atoms with Gasteiger partial charge in [0, 0.05) is 6.04 Å². The molecule has 1 N–H and O–H groups in total. The maximum absolute atomic E-state index is 3.78. The Balaban J connectivity index is 2.14. The summed E-state index contributed by atoms with van der Waals surface area (Å²) in [6.45, 7) is 7.96. The smallest absolute Gasteiger partial charge is 0.0348 e. The second-order valence-corrected chi connectivity index (χ2v) is 6.02. The van der Waals surface area contributed by atoms with Crippen LogP contribution in [0.15, 0.2) is 24.3 Å². The lowest BCUT2D eigenvalue weighted by Gasteiger charge is -2.26. The van der Waals surface area contributed by atoms with E-state index in [0.29, 0.717) is 6.04 Å². The Hall–Kier alpha value is -0.820. The Bertz CT molecular complexity index is 372. The third kappa shape index (κ3) is 3.35. The number of hydrogen-bond acceptors (Lipinski definition) is 1. The maximum atomic E-state index is 3.78. The van der Waals surface area contributed by atoms with Crippen molar-refractivity contribution in [1.29, 1.82) is 0 Å². The number of nitrogens with one attached hydrogen (secondary N) is 1. The summed E-state index contributed by atoms with van der Waals surface area (Å²) in [4.78, 5) is 0. The SMILES string of the molecule is CCCNC(c1cccc(C)c1)C1CCC(C)C1.